The summed E-state index contributed by atoms with van der Waals surface area (Å²) in [6.07, 6.45) is 0.533. The second kappa shape index (κ2) is 2.30. The third kappa shape index (κ3) is 0.763. The molecule has 2 aromatic rings. The van der Waals surface area contributed by atoms with Crippen molar-refractivity contribution >= 4 is 11.9 Å². The van der Waals surface area contributed by atoms with Gasteiger partial charge in [0.25, 0.3) is 5.56 Å². The first-order valence-corrected chi connectivity index (χ1v) is 3.34. The SMILES string of the molecule is O=Cc1n[nH]c2cccc(=O)n12. The van der Waals surface area contributed by atoms with Gasteiger partial charge < -0.3 is 0 Å². The Labute approximate surface area is 66.6 Å². The molecule has 2 heterocycles. The maximum atomic E-state index is 11.2. The summed E-state index contributed by atoms with van der Waals surface area (Å²) in [7, 11) is 0. The minimum Gasteiger partial charge on any atom is -0.294 e. The molecule has 2 aromatic heterocycles. The van der Waals surface area contributed by atoms with E-state index in [9.17, 15) is 9.59 Å². The average molecular weight is 163 g/mol. The van der Waals surface area contributed by atoms with Gasteiger partial charge in [0.2, 0.25) is 5.82 Å². The first-order valence-electron chi connectivity index (χ1n) is 3.34. The minimum atomic E-state index is -0.261. The number of aldehydes is 1. The van der Waals surface area contributed by atoms with E-state index in [1.807, 2.05) is 0 Å². The van der Waals surface area contributed by atoms with Crippen molar-refractivity contribution in [2.75, 3.05) is 0 Å². The fourth-order valence-electron chi connectivity index (χ4n) is 1.06. The highest BCUT2D eigenvalue weighted by Gasteiger charge is 2.03. The van der Waals surface area contributed by atoms with Gasteiger partial charge in [-0.15, -0.1) is 0 Å². The van der Waals surface area contributed by atoms with Crippen molar-refractivity contribution in [3.8, 4) is 0 Å². The number of aromatic nitrogens is 3. The van der Waals surface area contributed by atoms with Crippen molar-refractivity contribution in [1.82, 2.24) is 14.6 Å². The fraction of sp³-hybridized carbons (Fsp3) is 0. The number of H-pyrrole nitrogens is 1. The molecule has 0 aliphatic carbocycles. The highest BCUT2D eigenvalue weighted by atomic mass is 16.1. The van der Waals surface area contributed by atoms with Crippen LogP contribution >= 0.6 is 0 Å². The Hall–Kier alpha value is -1.91. The largest absolute Gasteiger partial charge is 0.294 e. The van der Waals surface area contributed by atoms with Crippen LogP contribution in [0.5, 0.6) is 0 Å². The highest BCUT2D eigenvalue weighted by Crippen LogP contribution is 1.95. The number of fused-ring (bicyclic) bond motifs is 1. The number of hydrogen-bond donors (Lipinski definition) is 1. The maximum Gasteiger partial charge on any atom is 0.258 e. The van der Waals surface area contributed by atoms with Crippen LogP contribution in [0.25, 0.3) is 5.65 Å². The van der Waals surface area contributed by atoms with E-state index in [-0.39, 0.29) is 11.4 Å². The summed E-state index contributed by atoms with van der Waals surface area (Å²) in [4.78, 5) is 21.6. The van der Waals surface area contributed by atoms with Crippen molar-refractivity contribution in [1.29, 1.82) is 0 Å². The zero-order valence-corrected chi connectivity index (χ0v) is 6.02. The van der Waals surface area contributed by atoms with Crippen LogP contribution in [-0.2, 0) is 0 Å². The monoisotopic (exact) mass is 163 g/mol. The first-order chi connectivity index (χ1) is 5.83. The molecule has 0 aliphatic rings. The van der Waals surface area contributed by atoms with Crippen molar-refractivity contribution in [3.05, 3.63) is 34.4 Å². The fourth-order valence-corrected chi connectivity index (χ4v) is 1.06. The molecular formula is C7H5N3O2. The van der Waals surface area contributed by atoms with Gasteiger partial charge in [0.1, 0.15) is 5.65 Å². The lowest BCUT2D eigenvalue weighted by Crippen LogP contribution is -2.12. The quantitative estimate of drug-likeness (QED) is 0.594. The van der Waals surface area contributed by atoms with Crippen LogP contribution in [0.15, 0.2) is 23.0 Å². The number of rotatable bonds is 1. The molecule has 60 valence electrons. The molecular weight excluding hydrogens is 158 g/mol. The highest BCUT2D eigenvalue weighted by molar-refractivity contribution is 5.70. The Balaban J connectivity index is 3.02. The summed E-state index contributed by atoms with van der Waals surface area (Å²) in [5.74, 6) is 0.0931. The van der Waals surface area contributed by atoms with E-state index in [2.05, 4.69) is 10.2 Å². The minimum absolute atomic E-state index is 0.0931. The second-order valence-electron chi connectivity index (χ2n) is 2.28. The number of pyridine rings is 1. The lowest BCUT2D eigenvalue weighted by atomic mass is 10.4. The predicted molar refractivity (Wildman–Crippen MR) is 41.2 cm³/mol. The van der Waals surface area contributed by atoms with E-state index in [1.54, 1.807) is 12.1 Å². The summed E-state index contributed by atoms with van der Waals surface area (Å²) >= 11 is 0. The standard InChI is InChI=1S/C7H5N3O2/c11-4-6-9-8-5-2-1-3-7(12)10(5)6/h1-4,8H. The van der Waals surface area contributed by atoms with Crippen molar-refractivity contribution in [3.63, 3.8) is 0 Å². The van der Waals surface area contributed by atoms with E-state index in [0.717, 1.165) is 0 Å². The third-order valence-corrected chi connectivity index (χ3v) is 1.57. The molecule has 5 nitrogen and oxygen atoms in total. The Morgan fingerprint density at radius 1 is 1.50 bits per heavy atom. The second-order valence-corrected chi connectivity index (χ2v) is 2.28. The van der Waals surface area contributed by atoms with Crippen molar-refractivity contribution < 1.29 is 4.79 Å². The number of carbonyl (C=O) groups excluding carboxylic acids is 1. The van der Waals surface area contributed by atoms with Crippen LogP contribution in [-0.4, -0.2) is 20.9 Å². The Kier molecular flexibility index (Phi) is 1.30. The molecule has 0 aromatic carbocycles. The van der Waals surface area contributed by atoms with Crippen LogP contribution in [0.4, 0.5) is 0 Å². The maximum absolute atomic E-state index is 11.2. The molecule has 5 heteroatoms. The van der Waals surface area contributed by atoms with Gasteiger partial charge in [0.15, 0.2) is 6.29 Å². The van der Waals surface area contributed by atoms with Crippen LogP contribution in [0.3, 0.4) is 0 Å². The summed E-state index contributed by atoms with van der Waals surface area (Å²) in [6.45, 7) is 0. The van der Waals surface area contributed by atoms with Gasteiger partial charge in [-0.2, -0.15) is 5.10 Å². The lowest BCUT2D eigenvalue weighted by Gasteiger charge is -1.88. The number of nitrogens with zero attached hydrogens (tertiary/aromatic N) is 2. The van der Waals surface area contributed by atoms with E-state index in [0.29, 0.717) is 11.9 Å². The van der Waals surface area contributed by atoms with Crippen LogP contribution < -0.4 is 5.56 Å². The normalized spacial score (nSPS) is 10.3. The Morgan fingerprint density at radius 3 is 3.08 bits per heavy atom. The summed E-state index contributed by atoms with van der Waals surface area (Å²) in [5, 5.41) is 6.21. The zero-order valence-electron chi connectivity index (χ0n) is 6.02. The molecule has 0 unspecified atom stereocenters. The molecule has 0 aliphatic heterocycles. The summed E-state index contributed by atoms with van der Waals surface area (Å²) in [5.41, 5.74) is 0.257. The van der Waals surface area contributed by atoms with Gasteiger partial charge in [0.05, 0.1) is 0 Å². The van der Waals surface area contributed by atoms with Crippen molar-refractivity contribution in [2.24, 2.45) is 0 Å². The van der Waals surface area contributed by atoms with Gasteiger partial charge in [-0.3, -0.25) is 14.7 Å². The molecule has 0 bridgehead atoms. The Bertz CT molecular complexity index is 483. The predicted octanol–water partition coefficient (Wildman–Crippen LogP) is -0.165. The van der Waals surface area contributed by atoms with Gasteiger partial charge in [-0.25, -0.2) is 4.40 Å². The molecule has 0 saturated carbocycles. The van der Waals surface area contributed by atoms with Crippen LogP contribution in [0, 0.1) is 0 Å². The smallest absolute Gasteiger partial charge is 0.258 e. The number of hydrogen-bond acceptors (Lipinski definition) is 3. The van der Waals surface area contributed by atoms with E-state index in [1.165, 1.54) is 10.5 Å². The van der Waals surface area contributed by atoms with E-state index >= 15 is 0 Å². The third-order valence-electron chi connectivity index (χ3n) is 1.57. The van der Waals surface area contributed by atoms with Gasteiger partial charge in [0, 0.05) is 6.07 Å². The molecule has 0 amide bonds. The summed E-state index contributed by atoms with van der Waals surface area (Å²) < 4.78 is 1.22. The van der Waals surface area contributed by atoms with Crippen LogP contribution in [0.2, 0.25) is 0 Å². The molecule has 0 fully saturated rings. The van der Waals surface area contributed by atoms with Gasteiger partial charge in [-0.1, -0.05) is 6.07 Å². The average Bonchev–Trinajstić information content (AvgIpc) is 2.49. The molecule has 0 atom stereocenters. The number of carbonyl (C=O) groups is 1. The molecule has 0 radical (unpaired) electrons. The van der Waals surface area contributed by atoms with E-state index < -0.39 is 0 Å². The zero-order chi connectivity index (χ0) is 8.55. The van der Waals surface area contributed by atoms with Gasteiger partial charge in [-0.05, 0) is 6.07 Å². The molecule has 2 rings (SSSR count). The first kappa shape index (κ1) is 6.78. The van der Waals surface area contributed by atoms with Crippen molar-refractivity contribution in [2.45, 2.75) is 0 Å². The number of nitrogens with one attached hydrogen (secondary N) is 1. The summed E-state index contributed by atoms with van der Waals surface area (Å²) in [6, 6.07) is 4.64. The number of aromatic amines is 1. The lowest BCUT2D eigenvalue weighted by molar-refractivity contribution is 0.111. The molecule has 0 spiro atoms. The molecule has 0 saturated heterocycles. The van der Waals surface area contributed by atoms with Gasteiger partial charge >= 0.3 is 0 Å². The molecule has 1 N–H and O–H groups in total. The van der Waals surface area contributed by atoms with E-state index in [4.69, 9.17) is 0 Å². The van der Waals surface area contributed by atoms with Crippen LogP contribution in [0.1, 0.15) is 10.6 Å². The Morgan fingerprint density at radius 2 is 2.33 bits per heavy atom. The topological polar surface area (TPSA) is 67.2 Å². The molecule has 12 heavy (non-hydrogen) atoms.